The van der Waals surface area contributed by atoms with E-state index in [1.54, 1.807) is 31.2 Å². The molecule has 0 aromatic heterocycles. The second-order valence-electron chi connectivity index (χ2n) is 9.06. The average molecular weight is 473 g/mol. The average Bonchev–Trinajstić information content (AvgIpc) is 2.66. The lowest BCUT2D eigenvalue weighted by atomic mass is 9.68. The van der Waals surface area contributed by atoms with E-state index in [9.17, 15) is 14.0 Å². The van der Waals surface area contributed by atoms with Gasteiger partial charge in [0.2, 0.25) is 0 Å². The molecule has 0 saturated heterocycles. The number of hydrogen-bond donors (Lipinski definition) is 2. The van der Waals surface area contributed by atoms with Gasteiger partial charge in [0.25, 0.3) is 5.91 Å². The Bertz CT molecular complexity index is 1200. The number of ketones is 1. The van der Waals surface area contributed by atoms with Crippen molar-refractivity contribution >= 4 is 40.6 Å². The first-order valence-electron chi connectivity index (χ1n) is 10.3. The lowest BCUT2D eigenvalue weighted by molar-refractivity contribution is -0.118. The van der Waals surface area contributed by atoms with Crippen molar-refractivity contribution < 1.29 is 14.0 Å². The number of benzene rings is 2. The maximum Gasteiger partial charge on any atom is 0.254 e. The van der Waals surface area contributed by atoms with Crippen LogP contribution in [-0.2, 0) is 9.59 Å². The molecule has 0 spiro atoms. The Labute approximate surface area is 196 Å². The second kappa shape index (κ2) is 8.38. The van der Waals surface area contributed by atoms with Gasteiger partial charge in [-0.15, -0.1) is 0 Å². The summed E-state index contributed by atoms with van der Waals surface area (Å²) in [4.78, 5) is 26.7. The molecule has 1 unspecified atom stereocenters. The summed E-state index contributed by atoms with van der Waals surface area (Å²) in [5.74, 6) is -1.57. The highest BCUT2D eigenvalue weighted by Crippen LogP contribution is 2.48. The highest BCUT2D eigenvalue weighted by atomic mass is 35.5. The molecule has 0 radical (unpaired) electrons. The molecule has 32 heavy (non-hydrogen) atoms. The van der Waals surface area contributed by atoms with Gasteiger partial charge < -0.3 is 10.6 Å². The Morgan fingerprint density at radius 1 is 1.16 bits per heavy atom. The lowest BCUT2D eigenvalue weighted by Gasteiger charge is -2.39. The van der Waals surface area contributed by atoms with Crippen molar-refractivity contribution in [3.8, 4) is 0 Å². The smallest absolute Gasteiger partial charge is 0.254 e. The first-order valence-corrected chi connectivity index (χ1v) is 11.1. The summed E-state index contributed by atoms with van der Waals surface area (Å²) in [7, 11) is 0. The first kappa shape index (κ1) is 22.6. The minimum absolute atomic E-state index is 0.0247. The van der Waals surface area contributed by atoms with Crippen molar-refractivity contribution in [2.75, 3.05) is 5.32 Å². The van der Waals surface area contributed by atoms with Crippen LogP contribution in [-0.4, -0.2) is 11.7 Å². The Kier molecular flexibility index (Phi) is 5.91. The van der Waals surface area contributed by atoms with E-state index in [0.29, 0.717) is 51.0 Å². The van der Waals surface area contributed by atoms with Crippen LogP contribution in [0.15, 0.2) is 65.0 Å². The molecule has 4 rings (SSSR count). The Hall–Kier alpha value is -2.63. The lowest BCUT2D eigenvalue weighted by Crippen LogP contribution is -2.39. The summed E-state index contributed by atoms with van der Waals surface area (Å²) < 4.78 is 13.7. The number of carbonyl (C=O) groups excluding carboxylic acids is 2. The van der Waals surface area contributed by atoms with Gasteiger partial charge in [-0.05, 0) is 54.7 Å². The predicted octanol–water partition coefficient (Wildman–Crippen LogP) is 6.38. The molecule has 4 nitrogen and oxygen atoms in total. The molecule has 7 heteroatoms. The van der Waals surface area contributed by atoms with Crippen molar-refractivity contribution in [1.82, 2.24) is 5.32 Å². The summed E-state index contributed by atoms with van der Waals surface area (Å²) in [5, 5.41) is 6.89. The van der Waals surface area contributed by atoms with Crippen molar-refractivity contribution in [2.45, 2.75) is 39.5 Å². The number of rotatable bonds is 3. The van der Waals surface area contributed by atoms with Crippen LogP contribution in [0.1, 0.15) is 45.1 Å². The molecule has 166 valence electrons. The van der Waals surface area contributed by atoms with Gasteiger partial charge in [-0.1, -0.05) is 49.2 Å². The fourth-order valence-corrected chi connectivity index (χ4v) is 5.07. The normalized spacial score (nSPS) is 20.1. The number of nitrogens with one attached hydrogen (secondary N) is 2. The summed E-state index contributed by atoms with van der Waals surface area (Å²) >= 11 is 12.7. The minimum Gasteiger partial charge on any atom is -0.362 e. The van der Waals surface area contributed by atoms with E-state index in [0.717, 1.165) is 5.70 Å². The van der Waals surface area contributed by atoms with Gasteiger partial charge in [0, 0.05) is 50.6 Å². The fourth-order valence-electron chi connectivity index (χ4n) is 4.55. The Morgan fingerprint density at radius 2 is 1.91 bits per heavy atom. The molecule has 1 heterocycles. The Morgan fingerprint density at radius 3 is 2.59 bits per heavy atom. The number of amides is 1. The predicted molar refractivity (Wildman–Crippen MR) is 125 cm³/mol. The van der Waals surface area contributed by atoms with Crippen LogP contribution >= 0.6 is 23.2 Å². The molecule has 0 fully saturated rings. The zero-order valence-corrected chi connectivity index (χ0v) is 19.5. The van der Waals surface area contributed by atoms with Gasteiger partial charge in [0.05, 0.1) is 0 Å². The third-order valence-corrected chi connectivity index (χ3v) is 6.40. The highest BCUT2D eigenvalue weighted by Gasteiger charge is 2.43. The number of halogens is 3. The van der Waals surface area contributed by atoms with Crippen LogP contribution < -0.4 is 10.6 Å². The number of allylic oxidation sites excluding steroid dienone is 3. The monoisotopic (exact) mass is 472 g/mol. The standard InChI is InChI=1S/C25H23Cl2FN2O2/c1-13-21(24(32)30-16-6-4-5-15(28)10-16)22(17-8-7-14(26)9-18(17)27)23-19(29-13)11-25(2,3)12-20(23)31/h4-10,22,29H,11-12H2,1-3H3,(H,30,32). The van der Waals surface area contributed by atoms with E-state index in [-0.39, 0.29) is 11.2 Å². The van der Waals surface area contributed by atoms with E-state index in [1.165, 1.54) is 18.2 Å². The van der Waals surface area contributed by atoms with Crippen LogP contribution in [0.5, 0.6) is 0 Å². The van der Waals surface area contributed by atoms with E-state index >= 15 is 0 Å². The van der Waals surface area contributed by atoms with Crippen LogP contribution in [0.25, 0.3) is 0 Å². The van der Waals surface area contributed by atoms with Gasteiger partial charge in [0.1, 0.15) is 5.82 Å². The summed E-state index contributed by atoms with van der Waals surface area (Å²) in [6.07, 6.45) is 1.04. The molecule has 2 aromatic carbocycles. The van der Waals surface area contributed by atoms with Crippen LogP contribution in [0.2, 0.25) is 10.0 Å². The quantitative estimate of drug-likeness (QED) is 0.544. The molecule has 2 aliphatic rings. The zero-order chi connectivity index (χ0) is 23.2. The number of Topliss-reactive ketones (excluding diaryl/α,β-unsaturated/α-hetero) is 1. The van der Waals surface area contributed by atoms with E-state index in [4.69, 9.17) is 23.2 Å². The van der Waals surface area contributed by atoms with Crippen molar-refractivity contribution in [3.05, 3.63) is 86.4 Å². The molecule has 0 saturated carbocycles. The molecule has 2 aromatic rings. The van der Waals surface area contributed by atoms with Crippen molar-refractivity contribution in [1.29, 1.82) is 0 Å². The van der Waals surface area contributed by atoms with Gasteiger partial charge >= 0.3 is 0 Å². The summed E-state index contributed by atoms with van der Waals surface area (Å²) in [5.41, 5.74) is 3.10. The molecule has 0 bridgehead atoms. The summed E-state index contributed by atoms with van der Waals surface area (Å²) in [6.45, 7) is 5.89. The maximum absolute atomic E-state index is 13.7. The second-order valence-corrected chi connectivity index (χ2v) is 9.90. The molecule has 1 aliphatic heterocycles. The van der Waals surface area contributed by atoms with Gasteiger partial charge in [-0.3, -0.25) is 9.59 Å². The van der Waals surface area contributed by atoms with E-state index < -0.39 is 17.6 Å². The highest BCUT2D eigenvalue weighted by molar-refractivity contribution is 6.35. The largest absolute Gasteiger partial charge is 0.362 e. The minimum atomic E-state index is -0.659. The molecule has 2 N–H and O–H groups in total. The number of carbonyl (C=O) groups is 2. The van der Waals surface area contributed by atoms with Crippen molar-refractivity contribution in [2.24, 2.45) is 5.41 Å². The molecule has 1 atom stereocenters. The third kappa shape index (κ3) is 4.32. The van der Waals surface area contributed by atoms with Gasteiger partial charge in [0.15, 0.2) is 5.78 Å². The van der Waals surface area contributed by atoms with Crippen LogP contribution in [0.3, 0.4) is 0 Å². The fraction of sp³-hybridized carbons (Fsp3) is 0.280. The van der Waals surface area contributed by atoms with E-state index in [1.807, 2.05) is 13.8 Å². The van der Waals surface area contributed by atoms with E-state index in [2.05, 4.69) is 10.6 Å². The molecular formula is C25H23Cl2FN2O2. The van der Waals surface area contributed by atoms with Crippen molar-refractivity contribution in [3.63, 3.8) is 0 Å². The number of dihydropyridines is 1. The van der Waals surface area contributed by atoms with Crippen LogP contribution in [0.4, 0.5) is 10.1 Å². The van der Waals surface area contributed by atoms with Crippen LogP contribution in [0, 0.1) is 11.2 Å². The van der Waals surface area contributed by atoms with Gasteiger partial charge in [-0.2, -0.15) is 0 Å². The topological polar surface area (TPSA) is 58.2 Å². The molecule has 1 amide bonds. The maximum atomic E-state index is 13.7. The zero-order valence-electron chi connectivity index (χ0n) is 18.0. The Balaban J connectivity index is 1.84. The number of hydrogen-bond acceptors (Lipinski definition) is 3. The molecular weight excluding hydrogens is 450 g/mol. The van der Waals surface area contributed by atoms with Gasteiger partial charge in [-0.25, -0.2) is 4.39 Å². The SMILES string of the molecule is CC1=C(C(=O)Nc2cccc(F)c2)C(c2ccc(Cl)cc2Cl)C2=C(CC(C)(C)CC2=O)N1. The first-order chi connectivity index (χ1) is 15.1. The summed E-state index contributed by atoms with van der Waals surface area (Å²) in [6, 6.07) is 10.7. The number of anilines is 1. The molecule has 1 aliphatic carbocycles. The third-order valence-electron chi connectivity index (χ3n) is 5.84.